The molecule has 0 N–H and O–H groups in total. The van der Waals surface area contributed by atoms with E-state index in [0.717, 1.165) is 17.1 Å². The van der Waals surface area contributed by atoms with Gasteiger partial charge in [0.2, 0.25) is 0 Å². The average molecular weight is 726 g/mol. The van der Waals surface area contributed by atoms with Crippen LogP contribution in [0.25, 0.3) is 55.3 Å². The highest BCUT2D eigenvalue weighted by Gasteiger charge is 2.51. The molecule has 0 saturated heterocycles. The lowest BCUT2D eigenvalue weighted by Crippen LogP contribution is -2.32. The quantitative estimate of drug-likeness (QED) is 0.175. The van der Waals surface area contributed by atoms with Gasteiger partial charge in [0.05, 0.1) is 5.41 Å². The van der Waals surface area contributed by atoms with Crippen LogP contribution in [0.1, 0.15) is 47.2 Å². The number of benzene rings is 9. The summed E-state index contributed by atoms with van der Waals surface area (Å²) in [7, 11) is 0. The molecule has 0 aliphatic heterocycles. The van der Waals surface area contributed by atoms with Gasteiger partial charge < -0.3 is 4.90 Å². The van der Waals surface area contributed by atoms with Crippen molar-refractivity contribution in [1.29, 1.82) is 0 Å². The Hall–Kier alpha value is -6.96. The van der Waals surface area contributed by atoms with Gasteiger partial charge in [-0.05, 0) is 125 Å². The van der Waals surface area contributed by atoms with Gasteiger partial charge in [0.15, 0.2) is 0 Å². The molecule has 12 rings (SSSR count). The normalized spacial score (nSPS) is 16.1. The maximum atomic E-state index is 2.52. The standard InChI is InChI=1S/C56H39N/c1-55(2)48-25-12-9-21-42(48)45-32-29-39(34-51(45)55)57(38-19-7-4-8-20-38)40-30-33-46-43-22-10-13-26-49(43)56(52(46)35-40)50-27-14-11-23-44(50)47-24-15-18-37-28-31-41(54(56)53(37)47)36-16-5-3-6-17-36/h3-35H,1-2H3. The summed E-state index contributed by atoms with van der Waals surface area (Å²) in [5.74, 6) is 0. The molecule has 0 aromatic heterocycles. The number of hydrogen-bond acceptors (Lipinski definition) is 1. The minimum absolute atomic E-state index is 0.111. The van der Waals surface area contributed by atoms with Crippen molar-refractivity contribution in [3.05, 3.63) is 234 Å². The van der Waals surface area contributed by atoms with E-state index < -0.39 is 5.41 Å². The van der Waals surface area contributed by atoms with Gasteiger partial charge in [-0.15, -0.1) is 0 Å². The van der Waals surface area contributed by atoms with Crippen LogP contribution in [0.2, 0.25) is 0 Å². The molecule has 268 valence electrons. The zero-order chi connectivity index (χ0) is 37.9. The first-order valence-corrected chi connectivity index (χ1v) is 20.1. The van der Waals surface area contributed by atoms with Crippen LogP contribution in [0.5, 0.6) is 0 Å². The Morgan fingerprint density at radius 1 is 0.333 bits per heavy atom. The SMILES string of the molecule is CC1(C)c2ccccc2-c2ccc(N(c3ccccc3)c3ccc4c(c3)C3(c5ccccc5-4)c4ccccc4-c4cccc5ccc(-c6ccccc6)c3c45)cc21. The summed E-state index contributed by atoms with van der Waals surface area (Å²) in [5, 5.41) is 2.61. The number of para-hydroxylation sites is 1. The first kappa shape index (κ1) is 32.3. The second kappa shape index (κ2) is 11.8. The van der Waals surface area contributed by atoms with E-state index in [-0.39, 0.29) is 5.41 Å². The maximum absolute atomic E-state index is 2.52. The van der Waals surface area contributed by atoms with E-state index in [2.05, 4.69) is 219 Å². The van der Waals surface area contributed by atoms with Crippen molar-refractivity contribution in [2.75, 3.05) is 4.90 Å². The Labute approximate surface area is 334 Å². The summed E-state index contributed by atoms with van der Waals surface area (Å²) >= 11 is 0. The van der Waals surface area contributed by atoms with Gasteiger partial charge in [-0.25, -0.2) is 0 Å². The third-order valence-corrected chi connectivity index (χ3v) is 13.3. The minimum Gasteiger partial charge on any atom is -0.310 e. The Morgan fingerprint density at radius 3 is 1.51 bits per heavy atom. The average Bonchev–Trinajstić information content (AvgIpc) is 3.68. The second-order valence-electron chi connectivity index (χ2n) is 16.4. The Bertz CT molecular complexity index is 3100. The van der Waals surface area contributed by atoms with Crippen molar-refractivity contribution in [2.45, 2.75) is 24.7 Å². The molecule has 1 spiro atoms. The molecule has 0 bridgehead atoms. The van der Waals surface area contributed by atoms with Gasteiger partial charge >= 0.3 is 0 Å². The number of hydrogen-bond donors (Lipinski definition) is 0. The summed E-state index contributed by atoms with van der Waals surface area (Å²) in [4.78, 5) is 2.47. The molecule has 1 nitrogen and oxygen atoms in total. The fourth-order valence-corrected chi connectivity index (χ4v) is 10.9. The molecule has 9 aromatic carbocycles. The van der Waals surface area contributed by atoms with Crippen molar-refractivity contribution < 1.29 is 0 Å². The number of fused-ring (bicyclic) bond motifs is 12. The molecule has 0 radical (unpaired) electrons. The highest BCUT2D eigenvalue weighted by molar-refractivity contribution is 6.10. The first-order chi connectivity index (χ1) is 28.0. The van der Waals surface area contributed by atoms with Gasteiger partial charge in [-0.3, -0.25) is 0 Å². The number of rotatable bonds is 4. The summed E-state index contributed by atoms with van der Waals surface area (Å²) < 4.78 is 0. The van der Waals surface area contributed by atoms with Gasteiger partial charge in [-0.1, -0.05) is 178 Å². The fraction of sp³-hybridized carbons (Fsp3) is 0.0714. The molecule has 3 aliphatic carbocycles. The van der Waals surface area contributed by atoms with Crippen LogP contribution in [-0.2, 0) is 10.8 Å². The summed E-state index contributed by atoms with van der Waals surface area (Å²) in [6, 6.07) is 75.1. The van der Waals surface area contributed by atoms with E-state index in [4.69, 9.17) is 0 Å². The third-order valence-electron chi connectivity index (χ3n) is 13.3. The highest BCUT2D eigenvalue weighted by atomic mass is 15.1. The Balaban J connectivity index is 1.18. The van der Waals surface area contributed by atoms with Crippen LogP contribution in [0.3, 0.4) is 0 Å². The smallest absolute Gasteiger partial charge is 0.0732 e. The van der Waals surface area contributed by atoms with Crippen molar-refractivity contribution in [2.24, 2.45) is 0 Å². The predicted octanol–water partition coefficient (Wildman–Crippen LogP) is 14.6. The number of anilines is 3. The van der Waals surface area contributed by atoms with E-state index in [1.807, 2.05) is 0 Å². The van der Waals surface area contributed by atoms with Crippen LogP contribution in [0.15, 0.2) is 200 Å². The van der Waals surface area contributed by atoms with Crippen LogP contribution in [0, 0.1) is 0 Å². The molecule has 3 aliphatic rings. The molecule has 57 heavy (non-hydrogen) atoms. The van der Waals surface area contributed by atoms with Gasteiger partial charge in [0, 0.05) is 22.5 Å². The molecule has 1 unspecified atom stereocenters. The lowest BCUT2D eigenvalue weighted by atomic mass is 9.60. The maximum Gasteiger partial charge on any atom is 0.0732 e. The van der Waals surface area contributed by atoms with E-state index in [0.29, 0.717) is 0 Å². The van der Waals surface area contributed by atoms with E-state index in [1.54, 1.807) is 0 Å². The summed E-state index contributed by atoms with van der Waals surface area (Å²) in [6.45, 7) is 4.74. The van der Waals surface area contributed by atoms with Crippen molar-refractivity contribution >= 4 is 27.8 Å². The molecular weight excluding hydrogens is 687 g/mol. The monoisotopic (exact) mass is 725 g/mol. The van der Waals surface area contributed by atoms with E-state index >= 15 is 0 Å². The van der Waals surface area contributed by atoms with Crippen molar-refractivity contribution in [3.63, 3.8) is 0 Å². The predicted molar refractivity (Wildman–Crippen MR) is 238 cm³/mol. The zero-order valence-electron chi connectivity index (χ0n) is 32.0. The largest absolute Gasteiger partial charge is 0.310 e. The Kier molecular flexibility index (Phi) is 6.67. The van der Waals surface area contributed by atoms with E-state index in [9.17, 15) is 0 Å². The van der Waals surface area contributed by atoms with Crippen molar-refractivity contribution in [1.82, 2.24) is 0 Å². The van der Waals surface area contributed by atoms with Gasteiger partial charge in [-0.2, -0.15) is 0 Å². The van der Waals surface area contributed by atoms with Gasteiger partial charge in [0.25, 0.3) is 0 Å². The van der Waals surface area contributed by atoms with Crippen LogP contribution in [-0.4, -0.2) is 0 Å². The zero-order valence-corrected chi connectivity index (χ0v) is 32.0. The number of nitrogens with zero attached hydrogens (tertiary/aromatic N) is 1. The molecule has 1 heteroatoms. The second-order valence-corrected chi connectivity index (χ2v) is 16.4. The van der Waals surface area contributed by atoms with E-state index in [1.165, 1.54) is 88.7 Å². The molecule has 0 fully saturated rings. The molecule has 0 heterocycles. The lowest BCUT2D eigenvalue weighted by molar-refractivity contribution is 0.660. The summed E-state index contributed by atoms with van der Waals surface area (Å²) in [6.07, 6.45) is 0. The fourth-order valence-electron chi connectivity index (χ4n) is 10.9. The Morgan fingerprint density at radius 2 is 0.825 bits per heavy atom. The molecule has 1 atom stereocenters. The van der Waals surface area contributed by atoms with Crippen molar-refractivity contribution in [3.8, 4) is 44.5 Å². The molecule has 9 aromatic rings. The van der Waals surface area contributed by atoms with Crippen LogP contribution >= 0.6 is 0 Å². The van der Waals surface area contributed by atoms with Crippen LogP contribution in [0.4, 0.5) is 17.1 Å². The van der Waals surface area contributed by atoms with Gasteiger partial charge in [0.1, 0.15) is 0 Å². The topological polar surface area (TPSA) is 3.24 Å². The molecule has 0 saturated carbocycles. The lowest BCUT2D eigenvalue weighted by Gasteiger charge is -2.41. The highest BCUT2D eigenvalue weighted by Crippen LogP contribution is 2.64. The first-order valence-electron chi connectivity index (χ1n) is 20.1. The molecular formula is C56H39N. The van der Waals surface area contributed by atoms with Crippen LogP contribution < -0.4 is 4.90 Å². The minimum atomic E-state index is -0.568. The molecule has 0 amide bonds. The summed E-state index contributed by atoms with van der Waals surface area (Å²) in [5.41, 5.74) is 21.2. The third kappa shape index (κ3) is 4.29.